The third-order valence-electron chi connectivity index (χ3n) is 10.4. The maximum absolute atomic E-state index is 11.4. The first kappa shape index (κ1) is 34.2. The van der Waals surface area contributed by atoms with Gasteiger partial charge in [-0.1, -0.05) is 104 Å². The number of hydrogen-bond donors (Lipinski definition) is 4. The Morgan fingerprint density at radius 3 is 1.39 bits per heavy atom. The first-order valence-electron chi connectivity index (χ1n) is 17.9. The first-order chi connectivity index (χ1) is 23.5. The fraction of sp³-hybridized carbons (Fsp3) is 0.415. The summed E-state index contributed by atoms with van der Waals surface area (Å²) in [6, 6.07) is 20.1. The van der Waals surface area contributed by atoms with E-state index in [0.29, 0.717) is 17.5 Å². The van der Waals surface area contributed by atoms with Crippen molar-refractivity contribution in [2.75, 3.05) is 0 Å². The van der Waals surface area contributed by atoms with E-state index in [4.69, 9.17) is 0 Å². The number of nitrogens with one attached hydrogen (secondary N) is 2. The highest BCUT2D eigenvalue weighted by atomic mass is 16.3. The molecule has 4 N–H and O–H groups in total. The smallest absolute Gasteiger partial charge is 0.123 e. The Morgan fingerprint density at radius 2 is 0.980 bits per heavy atom. The Hall–Kier alpha value is -4.72. The Balaban J connectivity index is 1.49. The van der Waals surface area contributed by atoms with Crippen molar-refractivity contribution in [3.63, 3.8) is 0 Å². The van der Waals surface area contributed by atoms with Crippen molar-refractivity contribution in [2.24, 2.45) is 0 Å². The van der Waals surface area contributed by atoms with Crippen LogP contribution in [0, 0.1) is 0 Å². The molecule has 0 fully saturated rings. The number of rotatable bonds is 14. The normalized spacial score (nSPS) is 12.4. The molecule has 0 amide bonds. The second-order valence-corrected chi connectivity index (χ2v) is 14.9. The summed E-state index contributed by atoms with van der Waals surface area (Å²) >= 11 is 0. The predicted octanol–water partition coefficient (Wildman–Crippen LogP) is 10.3. The minimum atomic E-state index is -0.0620. The highest BCUT2D eigenvalue weighted by molar-refractivity contribution is 5.98. The molecule has 0 aliphatic rings. The zero-order valence-corrected chi connectivity index (χ0v) is 29.8. The van der Waals surface area contributed by atoms with Gasteiger partial charge in [0.1, 0.15) is 33.6 Å². The molecule has 6 rings (SSSR count). The van der Waals surface area contributed by atoms with Crippen LogP contribution in [0.4, 0.5) is 0 Å². The number of aromatic amines is 2. The zero-order valence-electron chi connectivity index (χ0n) is 29.8. The van der Waals surface area contributed by atoms with Crippen LogP contribution in [0.5, 0.6) is 11.5 Å². The zero-order chi connectivity index (χ0) is 34.8. The summed E-state index contributed by atoms with van der Waals surface area (Å²) in [6.07, 6.45) is 9.68. The Morgan fingerprint density at radius 1 is 0.551 bits per heavy atom. The number of hydrogen-bond acceptors (Lipinski definition) is 6. The molecule has 49 heavy (non-hydrogen) atoms. The van der Waals surface area contributed by atoms with Crippen LogP contribution in [-0.4, -0.2) is 41.0 Å². The largest absolute Gasteiger partial charge is 0.507 e. The number of H-pyrrole nitrogens is 2. The topological polar surface area (TPSA) is 124 Å². The van der Waals surface area contributed by atoms with Crippen molar-refractivity contribution >= 4 is 22.1 Å². The van der Waals surface area contributed by atoms with Crippen molar-refractivity contribution in [1.29, 1.82) is 0 Å². The van der Waals surface area contributed by atoms with E-state index in [1.54, 1.807) is 0 Å². The van der Waals surface area contributed by atoms with Crippen molar-refractivity contribution in [1.82, 2.24) is 30.8 Å². The molecule has 4 aromatic carbocycles. The predicted molar refractivity (Wildman–Crippen MR) is 199 cm³/mol. The van der Waals surface area contributed by atoms with Crippen LogP contribution in [0.3, 0.4) is 0 Å². The number of nitrogens with zero attached hydrogens (tertiary/aromatic N) is 4. The van der Waals surface area contributed by atoms with E-state index < -0.39 is 0 Å². The van der Waals surface area contributed by atoms with Crippen LogP contribution < -0.4 is 0 Å². The Kier molecular flexibility index (Phi) is 9.77. The van der Waals surface area contributed by atoms with Gasteiger partial charge in [-0.3, -0.25) is 0 Å². The van der Waals surface area contributed by atoms with Gasteiger partial charge in [0.05, 0.1) is 0 Å². The molecule has 0 atom stereocenters. The molecule has 0 bridgehead atoms. The van der Waals surface area contributed by atoms with Gasteiger partial charge in [-0.25, -0.2) is 0 Å². The average Bonchev–Trinajstić information content (AvgIpc) is 3.76. The lowest BCUT2D eigenvalue weighted by atomic mass is 9.78. The summed E-state index contributed by atoms with van der Waals surface area (Å²) in [6.45, 7) is 13.6. The molecule has 6 aromatic rings. The lowest BCUT2D eigenvalue weighted by molar-refractivity contribution is 0.447. The van der Waals surface area contributed by atoms with E-state index in [1.807, 2.05) is 36.4 Å². The SMILES string of the molecule is CCCCCC(C)(C)c1ccc(O)c(-c2c(Cc3ccc4n[nH]nc4c3-c3cc(C(C)(C)CCCCC)ccc3O)ccc3n[nH]nc23)c1. The van der Waals surface area contributed by atoms with Crippen LogP contribution in [0.1, 0.15) is 115 Å². The summed E-state index contributed by atoms with van der Waals surface area (Å²) in [4.78, 5) is 0. The summed E-state index contributed by atoms with van der Waals surface area (Å²) in [7, 11) is 0. The molecule has 0 spiro atoms. The molecular weight excluding hydrogens is 608 g/mol. The second-order valence-electron chi connectivity index (χ2n) is 14.9. The van der Waals surface area contributed by atoms with Gasteiger partial charge in [0.25, 0.3) is 0 Å². The fourth-order valence-electron chi connectivity index (χ4n) is 7.25. The van der Waals surface area contributed by atoms with E-state index in [1.165, 1.54) is 36.8 Å². The number of phenols is 2. The average molecular weight is 659 g/mol. The molecule has 256 valence electrons. The minimum Gasteiger partial charge on any atom is -0.507 e. The maximum Gasteiger partial charge on any atom is 0.123 e. The summed E-state index contributed by atoms with van der Waals surface area (Å²) in [5.74, 6) is 0.403. The molecule has 0 aliphatic heterocycles. The lowest BCUT2D eigenvalue weighted by Gasteiger charge is -2.27. The highest BCUT2D eigenvalue weighted by Gasteiger charge is 2.26. The van der Waals surface area contributed by atoms with Gasteiger partial charge in [0, 0.05) is 22.3 Å². The van der Waals surface area contributed by atoms with Gasteiger partial charge in [-0.2, -0.15) is 30.8 Å². The summed E-state index contributed by atoms with van der Waals surface area (Å²) in [5.41, 5.74) is 10.2. The van der Waals surface area contributed by atoms with Crippen LogP contribution in [-0.2, 0) is 17.3 Å². The summed E-state index contributed by atoms with van der Waals surface area (Å²) < 4.78 is 0. The number of unbranched alkanes of at least 4 members (excludes halogenated alkanes) is 4. The number of aromatic nitrogens is 6. The number of phenolic OH excluding ortho intramolecular Hbond substituents is 2. The van der Waals surface area contributed by atoms with Gasteiger partial charge in [-0.05, 0) is 88.7 Å². The molecule has 8 nitrogen and oxygen atoms in total. The van der Waals surface area contributed by atoms with Crippen LogP contribution in [0.2, 0.25) is 0 Å². The molecule has 2 aromatic heterocycles. The molecule has 8 heteroatoms. The minimum absolute atomic E-state index is 0.0620. The van der Waals surface area contributed by atoms with Gasteiger partial charge in [0.15, 0.2) is 0 Å². The number of fused-ring (bicyclic) bond motifs is 2. The van der Waals surface area contributed by atoms with Crippen LogP contribution >= 0.6 is 0 Å². The van der Waals surface area contributed by atoms with Crippen molar-refractivity contribution in [3.8, 4) is 33.8 Å². The van der Waals surface area contributed by atoms with Crippen molar-refractivity contribution in [2.45, 2.75) is 110 Å². The highest BCUT2D eigenvalue weighted by Crippen LogP contribution is 2.44. The molecular formula is C41H50N6O2. The van der Waals surface area contributed by atoms with Gasteiger partial charge >= 0.3 is 0 Å². The van der Waals surface area contributed by atoms with Gasteiger partial charge in [-0.15, -0.1) is 0 Å². The van der Waals surface area contributed by atoms with Gasteiger partial charge in [0.2, 0.25) is 0 Å². The first-order valence-corrected chi connectivity index (χ1v) is 17.9. The number of aromatic hydroxyl groups is 2. The van der Waals surface area contributed by atoms with Crippen molar-refractivity contribution < 1.29 is 10.2 Å². The monoisotopic (exact) mass is 658 g/mol. The third-order valence-corrected chi connectivity index (χ3v) is 10.4. The molecule has 2 heterocycles. The maximum atomic E-state index is 11.4. The standard InChI is InChI=1S/C41H50N6O2/c1-7-9-11-21-40(3,4)28-15-19-34(48)30(24-28)36-26(13-17-32-38(36)44-46-42-32)23-27-14-18-33-39(45-47-43-33)37(27)31-25-29(16-20-35(31)49)41(5,6)22-12-10-8-2/h13-20,24-25,48-49H,7-12,21-23H2,1-6H3,(H,42,44,46)(H,43,45,47). The van der Waals surface area contributed by atoms with Crippen LogP contribution in [0.15, 0.2) is 60.7 Å². The second kappa shape index (κ2) is 14.0. The Labute approximate surface area is 289 Å². The van der Waals surface area contributed by atoms with E-state index in [2.05, 4.69) is 96.6 Å². The molecule has 0 aliphatic carbocycles. The third kappa shape index (κ3) is 6.91. The molecule has 0 unspecified atom stereocenters. The van der Waals surface area contributed by atoms with E-state index in [9.17, 15) is 10.2 Å². The van der Waals surface area contributed by atoms with E-state index >= 15 is 0 Å². The van der Waals surface area contributed by atoms with E-state index in [0.717, 1.165) is 70.1 Å². The fourth-order valence-corrected chi connectivity index (χ4v) is 7.25. The number of benzene rings is 4. The molecule has 0 saturated carbocycles. The van der Waals surface area contributed by atoms with E-state index in [-0.39, 0.29) is 22.3 Å². The molecule has 0 radical (unpaired) electrons. The molecule has 0 saturated heterocycles. The lowest BCUT2D eigenvalue weighted by Crippen LogP contribution is -2.17. The Bertz CT molecular complexity index is 1920. The quantitative estimate of drug-likeness (QED) is 0.0864. The van der Waals surface area contributed by atoms with Crippen LogP contribution in [0.25, 0.3) is 44.3 Å². The summed E-state index contributed by atoms with van der Waals surface area (Å²) in [5, 5.41) is 46.4. The van der Waals surface area contributed by atoms with Gasteiger partial charge < -0.3 is 10.2 Å². The van der Waals surface area contributed by atoms with Crippen molar-refractivity contribution in [3.05, 3.63) is 82.9 Å².